The summed E-state index contributed by atoms with van der Waals surface area (Å²) >= 11 is 12.4. The zero-order chi connectivity index (χ0) is 25.9. The summed E-state index contributed by atoms with van der Waals surface area (Å²) in [6, 6.07) is 4.48. The summed E-state index contributed by atoms with van der Waals surface area (Å²) in [6.45, 7) is 9.51. The molecule has 3 aromatic rings. The van der Waals surface area contributed by atoms with E-state index in [-0.39, 0.29) is 27.8 Å². The predicted molar refractivity (Wildman–Crippen MR) is 138 cm³/mol. The first-order valence-corrected chi connectivity index (χ1v) is 11.5. The highest BCUT2D eigenvalue weighted by molar-refractivity contribution is 6.32. The molecule has 3 heterocycles. The van der Waals surface area contributed by atoms with Crippen molar-refractivity contribution in [3.05, 3.63) is 85.5 Å². The molecule has 0 aliphatic carbocycles. The van der Waals surface area contributed by atoms with E-state index in [1.165, 1.54) is 4.57 Å². The average molecular weight is 518 g/mol. The molecule has 0 radical (unpaired) electrons. The highest BCUT2D eigenvalue weighted by atomic mass is 35.5. The number of rotatable bonds is 6. The third-order valence-electron chi connectivity index (χ3n) is 5.25. The van der Waals surface area contributed by atoms with E-state index in [0.29, 0.717) is 34.2 Å². The Morgan fingerprint density at radius 1 is 1.26 bits per heavy atom. The fourth-order valence-corrected chi connectivity index (χ4v) is 3.51. The molecule has 3 aromatic heterocycles. The van der Waals surface area contributed by atoms with Crippen LogP contribution in [0.15, 0.2) is 52.2 Å². The van der Waals surface area contributed by atoms with Gasteiger partial charge in [0.25, 0.3) is 5.56 Å². The van der Waals surface area contributed by atoms with Crippen LogP contribution in [0.1, 0.15) is 37.7 Å². The number of halogens is 3. The van der Waals surface area contributed by atoms with Crippen LogP contribution in [0.2, 0.25) is 10.0 Å². The average Bonchev–Trinajstić information content (AvgIpc) is 2.77. The third kappa shape index (κ3) is 6.07. The van der Waals surface area contributed by atoms with Gasteiger partial charge in [-0.1, -0.05) is 44.0 Å². The van der Waals surface area contributed by atoms with Gasteiger partial charge in [0.1, 0.15) is 23.2 Å². The molecule has 0 aromatic carbocycles. The minimum Gasteiger partial charge on any atom is -0.485 e. The first-order valence-electron chi connectivity index (χ1n) is 10.7. The minimum atomic E-state index is -0.555. The first-order chi connectivity index (χ1) is 16.4. The van der Waals surface area contributed by atoms with E-state index in [9.17, 15) is 9.18 Å². The topological polar surface area (TPSA) is 95.4 Å². The van der Waals surface area contributed by atoms with Crippen molar-refractivity contribution in [2.75, 3.05) is 0 Å². The van der Waals surface area contributed by atoms with Gasteiger partial charge in [0, 0.05) is 40.8 Å². The zero-order valence-corrected chi connectivity index (χ0v) is 21.6. The molecule has 3 rings (SSSR count). The molecule has 0 aliphatic heterocycles. The maximum atomic E-state index is 13.2. The van der Waals surface area contributed by atoms with Gasteiger partial charge in [-0.2, -0.15) is 0 Å². The standard InChI is InChI=1S/C25H26Cl2FN5O2/c1-14-10-20(35-13-18-17(26)11-16(28)12-32-18)22(27)24(34)33(14)19-6-8-30-23(15(19)2)31-9-7-21(29)25(3,4)5/h6-12H,13,29H2,1-5H3. The van der Waals surface area contributed by atoms with Gasteiger partial charge in [-0.05, 0) is 32.1 Å². The van der Waals surface area contributed by atoms with E-state index in [1.807, 2.05) is 27.7 Å². The lowest BCUT2D eigenvalue weighted by atomic mass is 9.92. The van der Waals surface area contributed by atoms with Crippen LogP contribution in [0.25, 0.3) is 5.69 Å². The van der Waals surface area contributed by atoms with Crippen LogP contribution < -0.4 is 16.0 Å². The van der Waals surface area contributed by atoms with Crippen molar-refractivity contribution in [3.63, 3.8) is 0 Å². The van der Waals surface area contributed by atoms with Crippen LogP contribution in [0.5, 0.6) is 5.75 Å². The van der Waals surface area contributed by atoms with Crippen molar-refractivity contribution in [1.82, 2.24) is 14.5 Å². The number of ether oxygens (including phenoxy) is 1. The molecule has 7 nitrogen and oxygen atoms in total. The molecule has 0 fully saturated rings. The van der Waals surface area contributed by atoms with E-state index in [2.05, 4.69) is 15.0 Å². The molecule has 35 heavy (non-hydrogen) atoms. The Bertz CT molecular complexity index is 1380. The van der Waals surface area contributed by atoms with Gasteiger partial charge in [-0.3, -0.25) is 14.3 Å². The smallest absolute Gasteiger partial charge is 0.277 e. The molecule has 0 bridgehead atoms. The quantitative estimate of drug-likeness (QED) is 0.413. The van der Waals surface area contributed by atoms with E-state index in [0.717, 1.165) is 12.3 Å². The van der Waals surface area contributed by atoms with Gasteiger partial charge in [0.05, 0.1) is 22.6 Å². The number of hydrogen-bond acceptors (Lipinski definition) is 6. The van der Waals surface area contributed by atoms with Crippen LogP contribution in [0, 0.1) is 25.1 Å². The molecule has 0 unspecified atom stereocenters. The number of hydrogen-bond donors (Lipinski definition) is 1. The molecule has 184 valence electrons. The fraction of sp³-hybridized carbons (Fsp3) is 0.280. The summed E-state index contributed by atoms with van der Waals surface area (Å²) < 4.78 is 20.4. The van der Waals surface area contributed by atoms with Crippen molar-refractivity contribution in [2.45, 2.75) is 41.2 Å². The van der Waals surface area contributed by atoms with Gasteiger partial charge < -0.3 is 10.5 Å². The van der Waals surface area contributed by atoms with Gasteiger partial charge in [0.2, 0.25) is 0 Å². The number of aryl methyl sites for hydroxylation is 1. The highest BCUT2D eigenvalue weighted by Gasteiger charge is 2.17. The Morgan fingerprint density at radius 2 is 1.97 bits per heavy atom. The van der Waals surface area contributed by atoms with Crippen molar-refractivity contribution in [2.24, 2.45) is 16.1 Å². The summed E-state index contributed by atoms with van der Waals surface area (Å²) in [5.41, 5.74) is 8.26. The van der Waals surface area contributed by atoms with E-state index in [1.54, 1.807) is 37.5 Å². The van der Waals surface area contributed by atoms with Crippen LogP contribution >= 0.6 is 23.2 Å². The molecule has 0 spiro atoms. The summed E-state index contributed by atoms with van der Waals surface area (Å²) in [6.07, 6.45) is 5.93. The molecule has 10 heteroatoms. The van der Waals surface area contributed by atoms with Crippen LogP contribution in [-0.4, -0.2) is 20.7 Å². The number of nitrogens with two attached hydrogens (primary N) is 1. The monoisotopic (exact) mass is 517 g/mol. The number of pyridine rings is 3. The second kappa shape index (κ2) is 10.6. The maximum Gasteiger partial charge on any atom is 0.277 e. The number of nitrogens with zero attached hydrogens (tertiary/aromatic N) is 4. The predicted octanol–water partition coefficient (Wildman–Crippen LogP) is 5.86. The van der Waals surface area contributed by atoms with E-state index >= 15 is 0 Å². The molecular weight excluding hydrogens is 492 g/mol. The first kappa shape index (κ1) is 26.4. The lowest BCUT2D eigenvalue weighted by Gasteiger charge is -2.18. The Kier molecular flexibility index (Phi) is 7.97. The maximum absolute atomic E-state index is 13.2. The minimum absolute atomic E-state index is 0.0832. The highest BCUT2D eigenvalue weighted by Crippen LogP contribution is 2.28. The summed E-state index contributed by atoms with van der Waals surface area (Å²) in [7, 11) is 0. The fourth-order valence-electron chi connectivity index (χ4n) is 3.11. The normalized spacial score (nSPS) is 12.4. The van der Waals surface area contributed by atoms with Crippen molar-refractivity contribution in [3.8, 4) is 11.4 Å². The van der Waals surface area contributed by atoms with Crippen molar-refractivity contribution in [1.29, 1.82) is 0 Å². The largest absolute Gasteiger partial charge is 0.485 e. The van der Waals surface area contributed by atoms with E-state index < -0.39 is 11.4 Å². The molecule has 0 aliphatic rings. The van der Waals surface area contributed by atoms with Gasteiger partial charge in [-0.25, -0.2) is 14.4 Å². The summed E-state index contributed by atoms with van der Waals surface area (Å²) in [4.78, 5) is 25.8. The molecule has 0 saturated heterocycles. The second-order valence-corrected chi connectivity index (χ2v) is 9.69. The van der Waals surface area contributed by atoms with Gasteiger partial charge in [-0.15, -0.1) is 0 Å². The molecule has 0 atom stereocenters. The Balaban J connectivity index is 1.94. The van der Waals surface area contributed by atoms with E-state index in [4.69, 9.17) is 33.7 Å². The SMILES string of the molecule is Cc1c(-n2c(C)cc(OCc3ncc(F)cc3Cl)c(Cl)c2=O)ccnc1N=CC=C(N)C(C)(C)C. The van der Waals surface area contributed by atoms with Crippen LogP contribution in [0.3, 0.4) is 0 Å². The van der Waals surface area contributed by atoms with Crippen molar-refractivity contribution < 1.29 is 9.13 Å². The van der Waals surface area contributed by atoms with Gasteiger partial charge >= 0.3 is 0 Å². The Morgan fingerprint density at radius 3 is 2.63 bits per heavy atom. The Labute approximate surface area is 213 Å². The lowest BCUT2D eigenvalue weighted by molar-refractivity contribution is 0.300. The Hall–Kier alpha value is -3.23. The summed E-state index contributed by atoms with van der Waals surface area (Å²) in [5.74, 6) is 0.0564. The number of aromatic nitrogens is 3. The van der Waals surface area contributed by atoms with Crippen molar-refractivity contribution >= 4 is 35.2 Å². The molecule has 0 saturated carbocycles. The third-order valence-corrected chi connectivity index (χ3v) is 5.93. The zero-order valence-electron chi connectivity index (χ0n) is 20.1. The molecular formula is C25H26Cl2FN5O2. The van der Waals surface area contributed by atoms with Crippen LogP contribution in [-0.2, 0) is 6.61 Å². The number of aliphatic imine (C=N–C) groups is 1. The molecule has 0 amide bonds. The number of allylic oxidation sites excluding steroid dienone is 2. The van der Waals surface area contributed by atoms with Gasteiger partial charge in [0.15, 0.2) is 5.82 Å². The molecule has 2 N–H and O–H groups in total. The second-order valence-electron chi connectivity index (χ2n) is 8.90. The summed E-state index contributed by atoms with van der Waals surface area (Å²) in [5, 5.41) is 0.00163. The lowest BCUT2D eigenvalue weighted by Crippen LogP contribution is -2.22. The van der Waals surface area contributed by atoms with Crippen LogP contribution in [0.4, 0.5) is 10.2 Å².